The number of benzene rings is 1. The maximum Gasteiger partial charge on any atom is 0.127 e. The lowest BCUT2D eigenvalue weighted by atomic mass is 10.2. The van der Waals surface area contributed by atoms with Crippen molar-refractivity contribution in [3.8, 4) is 5.75 Å². The summed E-state index contributed by atoms with van der Waals surface area (Å²) in [6.07, 6.45) is 0. The molecule has 3 nitrogen and oxygen atoms in total. The van der Waals surface area contributed by atoms with E-state index in [0.717, 1.165) is 18.8 Å². The SMILES string of the molecule is COc1ccccc1C[NH2+]CC[NH+](C)C. The molecule has 0 saturated heterocycles. The van der Waals surface area contributed by atoms with Crippen LogP contribution in [-0.2, 0) is 6.54 Å². The molecule has 0 saturated carbocycles. The van der Waals surface area contributed by atoms with E-state index in [1.807, 2.05) is 12.1 Å². The molecule has 0 unspecified atom stereocenters. The van der Waals surface area contributed by atoms with Crippen LogP contribution < -0.4 is 15.0 Å². The molecule has 0 amide bonds. The highest BCUT2D eigenvalue weighted by Crippen LogP contribution is 2.15. The number of hydrogen-bond donors (Lipinski definition) is 2. The molecule has 1 aromatic rings. The summed E-state index contributed by atoms with van der Waals surface area (Å²) in [6, 6.07) is 8.20. The van der Waals surface area contributed by atoms with Crippen LogP contribution in [-0.4, -0.2) is 34.3 Å². The number of hydrogen-bond acceptors (Lipinski definition) is 1. The first-order chi connectivity index (χ1) is 7.24. The van der Waals surface area contributed by atoms with Gasteiger partial charge in [0.2, 0.25) is 0 Å². The molecule has 1 aromatic carbocycles. The predicted molar refractivity (Wildman–Crippen MR) is 61.2 cm³/mol. The molecule has 3 heteroatoms. The van der Waals surface area contributed by atoms with E-state index in [1.165, 1.54) is 17.0 Å². The summed E-state index contributed by atoms with van der Waals surface area (Å²) in [7, 11) is 6.08. The van der Waals surface area contributed by atoms with E-state index in [2.05, 4.69) is 31.5 Å². The number of likely N-dealkylation sites (N-methyl/N-ethyl adjacent to an activating group) is 1. The molecule has 0 fully saturated rings. The first-order valence-corrected chi connectivity index (χ1v) is 5.46. The van der Waals surface area contributed by atoms with E-state index in [9.17, 15) is 0 Å². The molecule has 15 heavy (non-hydrogen) atoms. The molecule has 0 aliphatic rings. The van der Waals surface area contributed by atoms with Crippen molar-refractivity contribution in [2.45, 2.75) is 6.54 Å². The predicted octanol–water partition coefficient (Wildman–Crippen LogP) is -1.10. The molecule has 0 aliphatic carbocycles. The Labute approximate surface area is 92.0 Å². The summed E-state index contributed by atoms with van der Waals surface area (Å²) in [4.78, 5) is 1.49. The Morgan fingerprint density at radius 3 is 2.67 bits per heavy atom. The quantitative estimate of drug-likeness (QED) is 0.574. The summed E-state index contributed by atoms with van der Waals surface area (Å²) in [5.41, 5.74) is 1.27. The van der Waals surface area contributed by atoms with Gasteiger partial charge in [-0.05, 0) is 12.1 Å². The fourth-order valence-electron chi connectivity index (χ4n) is 1.52. The summed E-state index contributed by atoms with van der Waals surface area (Å²) in [6.45, 7) is 3.34. The van der Waals surface area contributed by atoms with Gasteiger partial charge in [0.25, 0.3) is 0 Å². The van der Waals surface area contributed by atoms with Crippen LogP contribution in [0.1, 0.15) is 5.56 Å². The van der Waals surface area contributed by atoms with Crippen LogP contribution in [0.2, 0.25) is 0 Å². The Morgan fingerprint density at radius 2 is 2.00 bits per heavy atom. The van der Waals surface area contributed by atoms with Crippen LogP contribution in [0.3, 0.4) is 0 Å². The van der Waals surface area contributed by atoms with E-state index in [4.69, 9.17) is 4.74 Å². The third kappa shape index (κ3) is 4.32. The normalized spacial score (nSPS) is 10.7. The Bertz CT molecular complexity index is 287. The van der Waals surface area contributed by atoms with Crippen molar-refractivity contribution < 1.29 is 15.0 Å². The van der Waals surface area contributed by atoms with Crippen LogP contribution in [0.15, 0.2) is 24.3 Å². The summed E-state index contributed by atoms with van der Waals surface area (Å²) in [5.74, 6) is 0.992. The van der Waals surface area contributed by atoms with Crippen LogP contribution in [0.25, 0.3) is 0 Å². The number of para-hydroxylation sites is 1. The topological polar surface area (TPSA) is 30.3 Å². The molecule has 0 aliphatic heterocycles. The van der Waals surface area contributed by atoms with Gasteiger partial charge in [0.15, 0.2) is 0 Å². The van der Waals surface area contributed by atoms with Gasteiger partial charge in [-0.2, -0.15) is 0 Å². The summed E-state index contributed by atoms with van der Waals surface area (Å²) in [5, 5.41) is 2.32. The summed E-state index contributed by atoms with van der Waals surface area (Å²) < 4.78 is 5.30. The molecule has 3 N–H and O–H groups in total. The molecule has 84 valence electrons. The lowest BCUT2D eigenvalue weighted by molar-refractivity contribution is -0.875. The first kappa shape index (κ1) is 12.0. The standard InChI is InChI=1S/C12H20N2O/c1-14(2)9-8-13-10-11-6-4-5-7-12(11)15-3/h4-7,13H,8-10H2,1-3H3/p+2. The van der Waals surface area contributed by atoms with Crippen molar-refractivity contribution in [1.82, 2.24) is 0 Å². The highest BCUT2D eigenvalue weighted by atomic mass is 16.5. The minimum Gasteiger partial charge on any atom is -0.496 e. The van der Waals surface area contributed by atoms with Crippen LogP contribution >= 0.6 is 0 Å². The number of rotatable bonds is 6. The van der Waals surface area contributed by atoms with Gasteiger partial charge in [0.1, 0.15) is 25.4 Å². The van der Waals surface area contributed by atoms with Crippen molar-refractivity contribution in [2.24, 2.45) is 0 Å². The maximum atomic E-state index is 5.30. The van der Waals surface area contributed by atoms with Crippen LogP contribution in [0.5, 0.6) is 5.75 Å². The second-order valence-electron chi connectivity index (χ2n) is 4.05. The maximum absolute atomic E-state index is 5.30. The van der Waals surface area contributed by atoms with Crippen LogP contribution in [0.4, 0.5) is 0 Å². The highest BCUT2D eigenvalue weighted by Gasteiger charge is 2.03. The van der Waals surface area contributed by atoms with Gasteiger partial charge in [-0.1, -0.05) is 12.1 Å². The molecule has 0 spiro atoms. The number of methoxy groups -OCH3 is 1. The first-order valence-electron chi connectivity index (χ1n) is 5.46. The minimum atomic E-state index is 0.992. The number of nitrogens with two attached hydrogens (primary N) is 1. The lowest BCUT2D eigenvalue weighted by Gasteiger charge is -2.08. The molecule has 0 bridgehead atoms. The zero-order valence-electron chi connectivity index (χ0n) is 9.92. The zero-order chi connectivity index (χ0) is 11.1. The average Bonchev–Trinajstić information content (AvgIpc) is 2.24. The highest BCUT2D eigenvalue weighted by molar-refractivity contribution is 5.32. The molecule has 0 radical (unpaired) electrons. The Hall–Kier alpha value is -1.06. The Balaban J connectivity index is 2.36. The van der Waals surface area contributed by atoms with E-state index in [0.29, 0.717) is 0 Å². The van der Waals surface area contributed by atoms with Gasteiger partial charge in [0.05, 0.1) is 21.2 Å². The van der Waals surface area contributed by atoms with E-state index in [1.54, 1.807) is 7.11 Å². The number of ether oxygens (including phenoxy) is 1. The van der Waals surface area contributed by atoms with Gasteiger partial charge >= 0.3 is 0 Å². The number of nitrogens with one attached hydrogen (secondary N) is 1. The van der Waals surface area contributed by atoms with Crippen molar-refractivity contribution in [3.05, 3.63) is 29.8 Å². The fraction of sp³-hybridized carbons (Fsp3) is 0.500. The second kappa shape index (κ2) is 6.43. The van der Waals surface area contributed by atoms with Gasteiger partial charge in [0, 0.05) is 5.56 Å². The molecule has 0 heterocycles. The van der Waals surface area contributed by atoms with Crippen molar-refractivity contribution in [1.29, 1.82) is 0 Å². The zero-order valence-corrected chi connectivity index (χ0v) is 9.92. The van der Waals surface area contributed by atoms with E-state index >= 15 is 0 Å². The number of quaternary nitrogens is 2. The Kier molecular flexibility index (Phi) is 5.15. The fourth-order valence-corrected chi connectivity index (χ4v) is 1.52. The van der Waals surface area contributed by atoms with Gasteiger partial charge in [-0.15, -0.1) is 0 Å². The van der Waals surface area contributed by atoms with E-state index in [-0.39, 0.29) is 0 Å². The second-order valence-corrected chi connectivity index (χ2v) is 4.05. The third-order valence-electron chi connectivity index (χ3n) is 2.41. The smallest absolute Gasteiger partial charge is 0.127 e. The van der Waals surface area contributed by atoms with Crippen LogP contribution in [0, 0.1) is 0 Å². The Morgan fingerprint density at radius 1 is 1.27 bits per heavy atom. The molecular formula is C12H22N2O+2. The van der Waals surface area contributed by atoms with Crippen molar-refractivity contribution in [2.75, 3.05) is 34.3 Å². The largest absolute Gasteiger partial charge is 0.496 e. The van der Waals surface area contributed by atoms with Gasteiger partial charge in [-0.3, -0.25) is 0 Å². The average molecular weight is 210 g/mol. The minimum absolute atomic E-state index is 0.992. The third-order valence-corrected chi connectivity index (χ3v) is 2.41. The molecular weight excluding hydrogens is 188 g/mol. The summed E-state index contributed by atoms with van der Waals surface area (Å²) >= 11 is 0. The molecule has 0 aromatic heterocycles. The lowest BCUT2D eigenvalue weighted by Crippen LogP contribution is -3.09. The molecule has 1 rings (SSSR count). The van der Waals surface area contributed by atoms with Crippen molar-refractivity contribution in [3.63, 3.8) is 0 Å². The van der Waals surface area contributed by atoms with E-state index < -0.39 is 0 Å². The van der Waals surface area contributed by atoms with Gasteiger partial charge in [-0.25, -0.2) is 0 Å². The molecule has 0 atom stereocenters. The monoisotopic (exact) mass is 210 g/mol. The van der Waals surface area contributed by atoms with Gasteiger partial charge < -0.3 is 15.0 Å². The van der Waals surface area contributed by atoms with Crippen molar-refractivity contribution >= 4 is 0 Å².